The van der Waals surface area contributed by atoms with E-state index in [9.17, 15) is 5.11 Å². The van der Waals surface area contributed by atoms with Crippen LogP contribution in [0.3, 0.4) is 0 Å². The molecule has 10 heteroatoms. The van der Waals surface area contributed by atoms with E-state index in [0.717, 1.165) is 29.9 Å². The summed E-state index contributed by atoms with van der Waals surface area (Å²) in [6.07, 6.45) is 3.63. The number of aliphatic hydroxyl groups excluding tert-OH is 1. The summed E-state index contributed by atoms with van der Waals surface area (Å²) in [5.41, 5.74) is 0.607. The zero-order valence-corrected chi connectivity index (χ0v) is 30.3. The van der Waals surface area contributed by atoms with Gasteiger partial charge < -0.3 is 33.2 Å². The van der Waals surface area contributed by atoms with E-state index in [0.29, 0.717) is 44.2 Å². The van der Waals surface area contributed by atoms with Crippen LogP contribution in [0.1, 0.15) is 79.2 Å². The van der Waals surface area contributed by atoms with Gasteiger partial charge in [-0.05, 0) is 93.8 Å². The lowest BCUT2D eigenvalue weighted by Crippen LogP contribution is -2.52. The van der Waals surface area contributed by atoms with E-state index in [2.05, 4.69) is 40.8 Å². The van der Waals surface area contributed by atoms with Gasteiger partial charge in [0.25, 0.3) is 0 Å². The Hall–Kier alpha value is -0.463. The van der Waals surface area contributed by atoms with Gasteiger partial charge in [0, 0.05) is 13.0 Å². The number of thioether (sulfide) groups is 2. The smallest absolute Gasteiger partial charge is 0.192 e. The Morgan fingerprint density at radius 1 is 1.07 bits per heavy atom. The molecule has 0 saturated carbocycles. The largest absolute Gasteiger partial charge is 0.493 e. The number of methoxy groups -OCH3 is 2. The standard InChI is InChI=1S/C32H56O7S2Si/c1-29(2,3)42(9,10)39-31(6,20-26-22-37-30(4,5)38-26)23-32(40-16-11-17-41-32)19-25(33)14-15-36-21-24-12-13-27(34-7)28(18-24)35-8/h12-13,18,25-26,33H,11,14-17,19-23H2,1-10H3/t25-,26+,31-/m0/s1. The van der Waals surface area contributed by atoms with Crippen LogP contribution in [0.4, 0.5) is 0 Å². The molecule has 1 N–H and O–H groups in total. The van der Waals surface area contributed by atoms with Crippen molar-refractivity contribution in [3.63, 3.8) is 0 Å². The maximum atomic E-state index is 11.3. The van der Waals surface area contributed by atoms with Crippen molar-refractivity contribution in [3.05, 3.63) is 23.8 Å². The van der Waals surface area contributed by atoms with Crippen LogP contribution in [0.25, 0.3) is 0 Å². The molecular formula is C32H56O7S2Si. The summed E-state index contributed by atoms with van der Waals surface area (Å²) in [7, 11) is 1.17. The third-order valence-corrected chi connectivity index (χ3v) is 16.5. The Morgan fingerprint density at radius 3 is 2.31 bits per heavy atom. The summed E-state index contributed by atoms with van der Waals surface area (Å²) in [6, 6.07) is 5.80. The first kappa shape index (κ1) is 36.0. The summed E-state index contributed by atoms with van der Waals surface area (Å²) >= 11 is 4.00. The molecule has 1 aromatic carbocycles. The third-order valence-electron chi connectivity index (χ3n) is 8.56. The number of rotatable bonds is 15. The fraction of sp³-hybridized carbons (Fsp3) is 0.812. The van der Waals surface area contributed by atoms with Gasteiger partial charge in [0.2, 0.25) is 0 Å². The second-order valence-electron chi connectivity index (χ2n) is 14.0. The molecule has 3 rings (SSSR count). The van der Waals surface area contributed by atoms with E-state index in [4.69, 9.17) is 28.1 Å². The predicted molar refractivity (Wildman–Crippen MR) is 178 cm³/mol. The van der Waals surface area contributed by atoms with E-state index >= 15 is 0 Å². The monoisotopic (exact) mass is 644 g/mol. The SMILES string of the molecule is COc1ccc(COCC[C@H](O)CC2(C[C@](C)(C[C@@H]3COC(C)(C)O3)O[Si](C)(C)C(C)(C)C)SCCCS2)cc1OC. The molecule has 42 heavy (non-hydrogen) atoms. The second-order valence-corrected chi connectivity index (χ2v) is 21.9. The van der Waals surface area contributed by atoms with Crippen LogP contribution >= 0.6 is 23.5 Å². The minimum absolute atomic E-state index is 0.0136. The van der Waals surface area contributed by atoms with Crippen LogP contribution < -0.4 is 9.47 Å². The van der Waals surface area contributed by atoms with Crippen LogP contribution in [0.15, 0.2) is 18.2 Å². The van der Waals surface area contributed by atoms with Gasteiger partial charge >= 0.3 is 0 Å². The molecule has 0 unspecified atom stereocenters. The normalized spacial score (nSPS) is 22.9. The minimum atomic E-state index is -2.09. The Morgan fingerprint density at radius 2 is 1.74 bits per heavy atom. The van der Waals surface area contributed by atoms with Gasteiger partial charge in [0.05, 0.1) is 49.3 Å². The molecule has 0 spiro atoms. The lowest BCUT2D eigenvalue weighted by atomic mass is 9.90. The number of hydrogen-bond donors (Lipinski definition) is 1. The lowest BCUT2D eigenvalue weighted by Gasteiger charge is -2.49. The molecule has 2 fully saturated rings. The van der Waals surface area contributed by atoms with Crippen LogP contribution in [0.2, 0.25) is 18.1 Å². The molecule has 0 aliphatic carbocycles. The molecule has 1 aromatic rings. The summed E-state index contributed by atoms with van der Waals surface area (Å²) in [4.78, 5) is 0. The van der Waals surface area contributed by atoms with E-state index in [1.165, 1.54) is 6.42 Å². The van der Waals surface area contributed by atoms with Crippen molar-refractivity contribution in [1.29, 1.82) is 0 Å². The molecule has 0 amide bonds. The molecule has 2 heterocycles. The summed E-state index contributed by atoms with van der Waals surface area (Å²) in [5, 5.41) is 11.4. The molecule has 3 atom stereocenters. The first-order chi connectivity index (χ1) is 19.5. The van der Waals surface area contributed by atoms with Crippen molar-refractivity contribution in [2.24, 2.45) is 0 Å². The topological polar surface area (TPSA) is 75.6 Å². The predicted octanol–water partition coefficient (Wildman–Crippen LogP) is 7.64. The molecule has 7 nitrogen and oxygen atoms in total. The van der Waals surface area contributed by atoms with E-state index in [-0.39, 0.29) is 15.2 Å². The van der Waals surface area contributed by atoms with Crippen molar-refractivity contribution in [2.75, 3.05) is 38.9 Å². The number of hydrogen-bond acceptors (Lipinski definition) is 9. The average Bonchev–Trinajstić information content (AvgIpc) is 3.22. The van der Waals surface area contributed by atoms with Crippen molar-refractivity contribution >= 4 is 31.8 Å². The molecule has 2 saturated heterocycles. The molecule has 2 aliphatic rings. The highest BCUT2D eigenvalue weighted by Crippen LogP contribution is 2.53. The van der Waals surface area contributed by atoms with Gasteiger partial charge in [-0.15, -0.1) is 23.5 Å². The van der Waals surface area contributed by atoms with Gasteiger partial charge in [-0.1, -0.05) is 26.8 Å². The van der Waals surface area contributed by atoms with Crippen LogP contribution in [0, 0.1) is 0 Å². The van der Waals surface area contributed by atoms with E-state index < -0.39 is 25.8 Å². The van der Waals surface area contributed by atoms with E-state index in [1.807, 2.05) is 55.6 Å². The zero-order chi connectivity index (χ0) is 31.2. The Balaban J connectivity index is 1.68. The van der Waals surface area contributed by atoms with Crippen LogP contribution in [0.5, 0.6) is 11.5 Å². The molecular weight excluding hydrogens is 589 g/mol. The van der Waals surface area contributed by atoms with Crippen molar-refractivity contribution < 1.29 is 33.2 Å². The van der Waals surface area contributed by atoms with Gasteiger partial charge in [-0.2, -0.15) is 0 Å². The maximum absolute atomic E-state index is 11.3. The molecule has 0 aromatic heterocycles. The van der Waals surface area contributed by atoms with Crippen LogP contribution in [-0.4, -0.2) is 80.0 Å². The van der Waals surface area contributed by atoms with Gasteiger partial charge in [0.15, 0.2) is 25.6 Å². The summed E-state index contributed by atoms with van der Waals surface area (Å²) < 4.78 is 36.1. The highest BCUT2D eigenvalue weighted by molar-refractivity contribution is 8.18. The molecule has 0 bridgehead atoms. The Kier molecular flexibility index (Phi) is 12.6. The highest BCUT2D eigenvalue weighted by atomic mass is 32.2. The van der Waals surface area contributed by atoms with Crippen molar-refractivity contribution in [2.45, 2.75) is 126 Å². The first-order valence-corrected chi connectivity index (χ1v) is 20.2. The number of ether oxygens (including phenoxy) is 5. The third kappa shape index (κ3) is 10.3. The second kappa shape index (κ2) is 14.8. The Bertz CT molecular complexity index is 994. The quantitative estimate of drug-likeness (QED) is 0.153. The first-order valence-electron chi connectivity index (χ1n) is 15.3. The molecule has 242 valence electrons. The Labute approximate surface area is 264 Å². The van der Waals surface area contributed by atoms with Gasteiger partial charge in [-0.25, -0.2) is 0 Å². The number of benzene rings is 1. The lowest BCUT2D eigenvalue weighted by molar-refractivity contribution is -0.144. The zero-order valence-electron chi connectivity index (χ0n) is 27.7. The van der Waals surface area contributed by atoms with Gasteiger partial charge in [0.1, 0.15) is 0 Å². The highest BCUT2D eigenvalue weighted by Gasteiger charge is 2.50. The number of aliphatic hydroxyl groups is 1. The van der Waals surface area contributed by atoms with Gasteiger partial charge in [-0.3, -0.25) is 0 Å². The van der Waals surface area contributed by atoms with Crippen molar-refractivity contribution in [3.8, 4) is 11.5 Å². The van der Waals surface area contributed by atoms with Crippen LogP contribution in [-0.2, 0) is 25.2 Å². The summed E-state index contributed by atoms with van der Waals surface area (Å²) in [6.45, 7) is 19.3. The molecule has 0 radical (unpaired) electrons. The van der Waals surface area contributed by atoms with Crippen molar-refractivity contribution in [1.82, 2.24) is 0 Å². The average molecular weight is 645 g/mol. The van der Waals surface area contributed by atoms with E-state index in [1.54, 1.807) is 14.2 Å². The fourth-order valence-electron chi connectivity index (χ4n) is 5.58. The molecule has 2 aliphatic heterocycles. The maximum Gasteiger partial charge on any atom is 0.192 e. The minimum Gasteiger partial charge on any atom is -0.493 e. The summed E-state index contributed by atoms with van der Waals surface area (Å²) in [5.74, 6) is 3.02. The fourth-order valence-corrected chi connectivity index (χ4v) is 11.1.